The van der Waals surface area contributed by atoms with Gasteiger partial charge in [-0.15, -0.1) is 6.58 Å². The zero-order valence-corrected chi connectivity index (χ0v) is 16.5. The van der Waals surface area contributed by atoms with Gasteiger partial charge in [0.1, 0.15) is 17.2 Å². The highest BCUT2D eigenvalue weighted by atomic mass is 79.9. The Morgan fingerprint density at radius 2 is 2.00 bits per heavy atom. The van der Waals surface area contributed by atoms with Gasteiger partial charge in [-0.25, -0.2) is 13.6 Å². The summed E-state index contributed by atoms with van der Waals surface area (Å²) in [5.74, 6) is -0.735. The van der Waals surface area contributed by atoms with Crippen LogP contribution in [-0.2, 0) is 10.3 Å². The Morgan fingerprint density at radius 3 is 2.59 bits per heavy atom. The first-order valence-corrected chi connectivity index (χ1v) is 9.47. The summed E-state index contributed by atoms with van der Waals surface area (Å²) < 4.78 is 34.0. The van der Waals surface area contributed by atoms with Crippen molar-refractivity contribution in [3.63, 3.8) is 0 Å². The third-order valence-electron chi connectivity index (χ3n) is 5.00. The lowest BCUT2D eigenvalue weighted by atomic mass is 9.85. The predicted octanol–water partition coefficient (Wildman–Crippen LogP) is 6.10. The standard InChI is InChI=1S/C21H20BrF2NO2/c1-3-10-21(15-4-7-17(23)8-5-15)11-12-25(20(26)27-21)14(2)18-9-6-16(22)13-19(18)24/h3-9,13-14H,1,10-12H2,2H3/t14-,21?/m0/s1. The van der Waals surface area contributed by atoms with E-state index < -0.39 is 17.7 Å². The van der Waals surface area contributed by atoms with Crippen LogP contribution in [0.5, 0.6) is 0 Å². The van der Waals surface area contributed by atoms with Crippen molar-refractivity contribution in [2.24, 2.45) is 0 Å². The summed E-state index contributed by atoms with van der Waals surface area (Å²) in [6, 6.07) is 10.2. The molecule has 2 atom stereocenters. The number of hydrogen-bond donors (Lipinski definition) is 0. The number of halogens is 3. The molecule has 1 heterocycles. The average molecular weight is 436 g/mol. The maximum atomic E-state index is 14.3. The summed E-state index contributed by atoms with van der Waals surface area (Å²) >= 11 is 3.24. The number of amides is 1. The molecule has 0 aromatic heterocycles. The van der Waals surface area contributed by atoms with E-state index in [-0.39, 0.29) is 11.6 Å². The number of hydrogen-bond acceptors (Lipinski definition) is 2. The van der Waals surface area contributed by atoms with Gasteiger partial charge in [0, 0.05) is 29.4 Å². The molecule has 0 radical (unpaired) electrons. The monoisotopic (exact) mass is 435 g/mol. The maximum absolute atomic E-state index is 14.3. The predicted molar refractivity (Wildman–Crippen MR) is 103 cm³/mol. The summed E-state index contributed by atoms with van der Waals surface area (Å²) in [6.07, 6.45) is 2.07. The van der Waals surface area contributed by atoms with Crippen LogP contribution >= 0.6 is 15.9 Å². The molecule has 1 fully saturated rings. The normalized spacial score (nSPS) is 20.9. The summed E-state index contributed by atoms with van der Waals surface area (Å²) in [5, 5.41) is 0. The molecule has 0 N–H and O–H groups in total. The second-order valence-electron chi connectivity index (χ2n) is 6.65. The molecule has 0 bridgehead atoms. The highest BCUT2D eigenvalue weighted by Gasteiger charge is 2.43. The maximum Gasteiger partial charge on any atom is 0.411 e. The van der Waals surface area contributed by atoms with E-state index in [2.05, 4.69) is 22.5 Å². The largest absolute Gasteiger partial charge is 0.437 e. The molecular formula is C21H20BrF2NO2. The van der Waals surface area contributed by atoms with Crippen molar-refractivity contribution in [2.75, 3.05) is 6.54 Å². The molecule has 2 aromatic carbocycles. The van der Waals surface area contributed by atoms with Crippen LogP contribution in [0.3, 0.4) is 0 Å². The van der Waals surface area contributed by atoms with E-state index in [0.717, 1.165) is 5.56 Å². The molecule has 27 heavy (non-hydrogen) atoms. The van der Waals surface area contributed by atoms with Gasteiger partial charge >= 0.3 is 6.09 Å². The van der Waals surface area contributed by atoms with E-state index in [9.17, 15) is 13.6 Å². The first kappa shape index (κ1) is 19.5. The van der Waals surface area contributed by atoms with Gasteiger partial charge in [-0.05, 0) is 36.8 Å². The Kier molecular flexibility index (Phi) is 5.65. The van der Waals surface area contributed by atoms with Crippen LogP contribution in [0, 0.1) is 11.6 Å². The molecule has 3 rings (SSSR count). The van der Waals surface area contributed by atoms with Crippen LogP contribution in [0.1, 0.15) is 36.9 Å². The SMILES string of the molecule is C=CCC1(c2ccc(F)cc2)CCN([C@@H](C)c2ccc(Br)cc2F)C(=O)O1. The lowest BCUT2D eigenvalue weighted by molar-refractivity contribution is -0.0590. The third-order valence-corrected chi connectivity index (χ3v) is 5.49. The summed E-state index contributed by atoms with van der Waals surface area (Å²) in [5.41, 5.74) is 0.258. The first-order valence-electron chi connectivity index (χ1n) is 8.68. The fourth-order valence-corrected chi connectivity index (χ4v) is 3.81. The molecule has 0 saturated carbocycles. The number of nitrogens with zero attached hydrogens (tertiary/aromatic N) is 1. The van der Waals surface area contributed by atoms with E-state index in [1.807, 2.05) is 0 Å². The topological polar surface area (TPSA) is 29.5 Å². The second-order valence-corrected chi connectivity index (χ2v) is 7.56. The number of rotatable bonds is 5. The molecule has 1 aliphatic heterocycles. The van der Waals surface area contributed by atoms with Crippen LogP contribution in [0.25, 0.3) is 0 Å². The van der Waals surface area contributed by atoms with E-state index >= 15 is 0 Å². The Balaban J connectivity index is 1.85. The fourth-order valence-electron chi connectivity index (χ4n) is 3.48. The Bertz CT molecular complexity index is 856. The summed E-state index contributed by atoms with van der Waals surface area (Å²) in [7, 11) is 0. The minimum atomic E-state index is -0.888. The van der Waals surface area contributed by atoms with Crippen molar-refractivity contribution in [3.05, 3.63) is 82.4 Å². The van der Waals surface area contributed by atoms with Gasteiger partial charge in [0.15, 0.2) is 0 Å². The molecule has 1 saturated heterocycles. The molecule has 1 amide bonds. The van der Waals surface area contributed by atoms with Crippen LogP contribution in [-0.4, -0.2) is 17.5 Å². The van der Waals surface area contributed by atoms with E-state index in [4.69, 9.17) is 4.74 Å². The van der Waals surface area contributed by atoms with Crippen molar-refractivity contribution in [3.8, 4) is 0 Å². The van der Waals surface area contributed by atoms with E-state index in [1.54, 1.807) is 37.3 Å². The van der Waals surface area contributed by atoms with Crippen LogP contribution in [0.2, 0.25) is 0 Å². The molecule has 0 aliphatic carbocycles. The molecule has 3 nitrogen and oxygen atoms in total. The number of ether oxygens (including phenoxy) is 1. The zero-order valence-electron chi connectivity index (χ0n) is 14.9. The summed E-state index contributed by atoms with van der Waals surface area (Å²) in [6.45, 7) is 5.92. The zero-order chi connectivity index (χ0) is 19.6. The van der Waals surface area contributed by atoms with Gasteiger partial charge in [0.25, 0.3) is 0 Å². The van der Waals surface area contributed by atoms with Gasteiger partial charge in [-0.1, -0.05) is 40.2 Å². The Labute approximate surface area is 165 Å². The minimum absolute atomic E-state index is 0.351. The lowest BCUT2D eigenvalue weighted by Crippen LogP contribution is -2.48. The highest BCUT2D eigenvalue weighted by Crippen LogP contribution is 2.40. The average Bonchev–Trinajstić information content (AvgIpc) is 2.62. The lowest BCUT2D eigenvalue weighted by Gasteiger charge is -2.43. The van der Waals surface area contributed by atoms with Crippen molar-refractivity contribution < 1.29 is 18.3 Å². The Hall–Kier alpha value is -2.21. The van der Waals surface area contributed by atoms with Crippen LogP contribution in [0.15, 0.2) is 59.6 Å². The second kappa shape index (κ2) is 7.80. The molecule has 1 aliphatic rings. The van der Waals surface area contributed by atoms with Gasteiger partial charge in [-0.2, -0.15) is 0 Å². The molecule has 0 spiro atoms. The van der Waals surface area contributed by atoms with Gasteiger partial charge < -0.3 is 9.64 Å². The molecule has 142 valence electrons. The third kappa shape index (κ3) is 3.90. The van der Waals surface area contributed by atoms with Crippen LogP contribution < -0.4 is 0 Å². The van der Waals surface area contributed by atoms with Crippen LogP contribution in [0.4, 0.5) is 13.6 Å². The fraction of sp³-hybridized carbons (Fsp3) is 0.286. The van der Waals surface area contributed by atoms with Crippen molar-refractivity contribution in [1.82, 2.24) is 4.90 Å². The van der Waals surface area contributed by atoms with Crippen molar-refractivity contribution in [1.29, 1.82) is 0 Å². The van der Waals surface area contributed by atoms with E-state index in [0.29, 0.717) is 29.4 Å². The smallest absolute Gasteiger partial charge is 0.411 e. The molecule has 1 unspecified atom stereocenters. The number of carbonyl (C=O) groups is 1. The summed E-state index contributed by atoms with van der Waals surface area (Å²) in [4.78, 5) is 14.3. The van der Waals surface area contributed by atoms with Gasteiger partial charge in [-0.3, -0.25) is 0 Å². The first-order chi connectivity index (χ1) is 12.9. The van der Waals surface area contributed by atoms with Gasteiger partial charge in [0.05, 0.1) is 6.04 Å². The number of benzene rings is 2. The molecule has 2 aromatic rings. The Morgan fingerprint density at radius 1 is 1.30 bits per heavy atom. The van der Waals surface area contributed by atoms with Crippen molar-refractivity contribution >= 4 is 22.0 Å². The number of cyclic esters (lactones) is 1. The van der Waals surface area contributed by atoms with Crippen molar-refractivity contribution in [2.45, 2.75) is 31.4 Å². The molecule has 6 heteroatoms. The highest BCUT2D eigenvalue weighted by molar-refractivity contribution is 9.10. The minimum Gasteiger partial charge on any atom is -0.437 e. The quantitative estimate of drug-likeness (QED) is 0.530. The molecular weight excluding hydrogens is 416 g/mol. The van der Waals surface area contributed by atoms with E-state index in [1.165, 1.54) is 23.1 Å². The number of carbonyl (C=O) groups excluding carboxylic acids is 1. The van der Waals surface area contributed by atoms with Gasteiger partial charge in [0.2, 0.25) is 0 Å².